The summed E-state index contributed by atoms with van der Waals surface area (Å²) < 4.78 is 25.2. The molecule has 0 radical (unpaired) electrons. The molecule has 3 heterocycles. The minimum Gasteiger partial charge on any atom is -0.493 e. The minimum absolute atomic E-state index is 0.0324. The third-order valence-electron chi connectivity index (χ3n) is 7.98. The number of hydrogen-bond donors (Lipinski definition) is 4. The van der Waals surface area contributed by atoms with E-state index >= 15 is 0 Å². The van der Waals surface area contributed by atoms with Crippen molar-refractivity contribution in [2.45, 2.75) is 70.6 Å². The smallest absolute Gasteiger partial charge is 0.255 e. The molecule has 5 amide bonds. The van der Waals surface area contributed by atoms with Crippen LogP contribution >= 0.6 is 0 Å². The van der Waals surface area contributed by atoms with E-state index in [1.165, 1.54) is 31.1 Å². The molecule has 0 spiro atoms. The number of nitrogens with zero attached hydrogens (tertiary/aromatic N) is 1. The molecule has 0 aliphatic carbocycles. The first-order valence-corrected chi connectivity index (χ1v) is 15.5. The fourth-order valence-corrected chi connectivity index (χ4v) is 5.63. The van der Waals surface area contributed by atoms with Crippen molar-refractivity contribution >= 4 is 29.5 Å². The van der Waals surface area contributed by atoms with Gasteiger partial charge in [0.05, 0.1) is 19.2 Å². The molecule has 46 heavy (non-hydrogen) atoms. The van der Waals surface area contributed by atoms with Gasteiger partial charge < -0.3 is 35.6 Å². The van der Waals surface area contributed by atoms with E-state index in [4.69, 9.17) is 9.47 Å². The summed E-state index contributed by atoms with van der Waals surface area (Å²) in [5, 5.41) is 10.9. The van der Waals surface area contributed by atoms with Crippen LogP contribution in [0, 0.1) is 11.7 Å². The number of rotatable bonds is 5. The van der Waals surface area contributed by atoms with Crippen molar-refractivity contribution in [1.82, 2.24) is 26.2 Å². The summed E-state index contributed by atoms with van der Waals surface area (Å²) in [6, 6.07) is 6.92. The highest BCUT2D eigenvalue weighted by Gasteiger charge is 2.38. The van der Waals surface area contributed by atoms with Crippen molar-refractivity contribution in [3.63, 3.8) is 0 Å². The van der Waals surface area contributed by atoms with Gasteiger partial charge in [-0.15, -0.1) is 0 Å². The van der Waals surface area contributed by atoms with E-state index in [1.807, 2.05) is 13.8 Å². The Morgan fingerprint density at radius 2 is 1.80 bits per heavy atom. The van der Waals surface area contributed by atoms with E-state index in [9.17, 15) is 28.4 Å². The molecule has 1 saturated heterocycles. The molecule has 3 aliphatic heterocycles. The van der Waals surface area contributed by atoms with Gasteiger partial charge in [-0.3, -0.25) is 24.0 Å². The zero-order valence-electron chi connectivity index (χ0n) is 26.6. The fraction of sp³-hybridized carbons (Fsp3) is 0.485. The number of carbonyl (C=O) groups excluding carboxylic acids is 5. The molecule has 5 rings (SSSR count). The highest BCUT2D eigenvalue weighted by molar-refractivity contribution is 6.00. The summed E-state index contributed by atoms with van der Waals surface area (Å²) in [7, 11) is 1.24. The third-order valence-corrected chi connectivity index (χ3v) is 7.98. The number of benzene rings is 2. The Labute approximate surface area is 267 Å². The first-order chi connectivity index (χ1) is 22.0. The van der Waals surface area contributed by atoms with Gasteiger partial charge in [-0.2, -0.15) is 0 Å². The normalized spacial score (nSPS) is 23.1. The third kappa shape index (κ3) is 8.52. The Morgan fingerprint density at radius 3 is 2.50 bits per heavy atom. The molecule has 2 aromatic carbocycles. The standard InChI is InChI=1S/C33H42FN5O7/c1-19(2)17-26-33(44)39-15-6-9-27(39)32(43)35-14-16-46-22-12-10-21(11-13-22)18-25(31(42)36-20(3)29(40)38-26)37-30(41)23-7-5-8-24(34)28(23)45-4/h5,7-8,10-13,19-20,25-27H,6,9,14-18H2,1-4H3,(H,35,43)(H,36,42)(H,37,41)(H,38,40)/t20-,25+,26+,27-/m1/s1. The van der Waals surface area contributed by atoms with Crippen LogP contribution in [0.3, 0.4) is 0 Å². The largest absolute Gasteiger partial charge is 0.493 e. The van der Waals surface area contributed by atoms with Gasteiger partial charge in [-0.05, 0) is 61.9 Å². The number of hydrogen-bond acceptors (Lipinski definition) is 7. The van der Waals surface area contributed by atoms with Crippen molar-refractivity contribution in [3.8, 4) is 11.5 Å². The number of fused-ring (bicyclic) bond motifs is 14. The molecule has 3 aliphatic rings. The van der Waals surface area contributed by atoms with Crippen LogP contribution < -0.4 is 30.7 Å². The first-order valence-electron chi connectivity index (χ1n) is 15.5. The SMILES string of the molecule is COc1c(F)cccc1C(=O)N[C@H]1Cc2ccc(cc2)OCCNC(=O)[C@H]2CCCN2C(=O)[C@H](CC(C)C)NC(=O)[C@@H](C)NC1=O. The van der Waals surface area contributed by atoms with Crippen LogP contribution in [0.1, 0.15) is 56.0 Å². The molecule has 2 bridgehead atoms. The van der Waals surface area contributed by atoms with Gasteiger partial charge >= 0.3 is 0 Å². The number of methoxy groups -OCH3 is 1. The molecule has 1 fully saturated rings. The van der Waals surface area contributed by atoms with Gasteiger partial charge in [0.1, 0.15) is 36.5 Å². The van der Waals surface area contributed by atoms with E-state index in [2.05, 4.69) is 21.3 Å². The van der Waals surface area contributed by atoms with Crippen LogP contribution in [-0.4, -0.2) is 85.4 Å². The van der Waals surface area contributed by atoms with E-state index in [0.29, 0.717) is 37.1 Å². The molecular weight excluding hydrogens is 597 g/mol. The number of amides is 5. The van der Waals surface area contributed by atoms with Crippen LogP contribution in [0.5, 0.6) is 11.5 Å². The maximum atomic E-state index is 14.3. The van der Waals surface area contributed by atoms with Crippen LogP contribution in [0.4, 0.5) is 4.39 Å². The van der Waals surface area contributed by atoms with E-state index in [1.54, 1.807) is 24.3 Å². The molecule has 13 heteroatoms. The summed E-state index contributed by atoms with van der Waals surface area (Å²) in [4.78, 5) is 68.4. The van der Waals surface area contributed by atoms with Crippen molar-refractivity contribution in [2.24, 2.45) is 5.92 Å². The number of ether oxygens (including phenoxy) is 2. The Morgan fingerprint density at radius 1 is 1.07 bits per heavy atom. The minimum atomic E-state index is -1.17. The second kappa shape index (κ2) is 15.5. The Hall–Kier alpha value is -4.68. The Bertz CT molecular complexity index is 1430. The van der Waals surface area contributed by atoms with Gasteiger partial charge in [0.2, 0.25) is 23.6 Å². The summed E-state index contributed by atoms with van der Waals surface area (Å²) >= 11 is 0. The summed E-state index contributed by atoms with van der Waals surface area (Å²) in [6.45, 7) is 6.11. The van der Waals surface area contributed by atoms with Crippen molar-refractivity contribution in [2.75, 3.05) is 26.8 Å². The van der Waals surface area contributed by atoms with Crippen molar-refractivity contribution < 1.29 is 37.8 Å². The van der Waals surface area contributed by atoms with Crippen LogP contribution in [0.15, 0.2) is 42.5 Å². The lowest BCUT2D eigenvalue weighted by Crippen LogP contribution is -2.58. The van der Waals surface area contributed by atoms with Gasteiger partial charge in [-0.25, -0.2) is 4.39 Å². The van der Waals surface area contributed by atoms with Crippen molar-refractivity contribution in [3.05, 3.63) is 59.4 Å². The van der Waals surface area contributed by atoms with Gasteiger partial charge in [0.15, 0.2) is 11.6 Å². The van der Waals surface area contributed by atoms with E-state index in [0.717, 1.165) is 6.07 Å². The molecule has 248 valence electrons. The molecular formula is C33H42FN5O7. The second-order valence-corrected chi connectivity index (χ2v) is 11.9. The lowest BCUT2D eigenvalue weighted by atomic mass is 10.0. The van der Waals surface area contributed by atoms with Gasteiger partial charge in [-0.1, -0.05) is 32.0 Å². The van der Waals surface area contributed by atoms with Gasteiger partial charge in [0.25, 0.3) is 5.91 Å². The number of nitrogens with one attached hydrogen (secondary N) is 4. The monoisotopic (exact) mass is 639 g/mol. The number of carbonyl (C=O) groups is 5. The first kappa shape index (κ1) is 34.2. The predicted octanol–water partition coefficient (Wildman–Crippen LogP) is 1.71. The van der Waals surface area contributed by atoms with Gasteiger partial charge in [0, 0.05) is 13.0 Å². The molecule has 2 aromatic rings. The highest BCUT2D eigenvalue weighted by Crippen LogP contribution is 2.23. The lowest BCUT2D eigenvalue weighted by Gasteiger charge is -2.30. The van der Waals surface area contributed by atoms with E-state index < -0.39 is 47.7 Å². The highest BCUT2D eigenvalue weighted by atomic mass is 19.1. The summed E-state index contributed by atoms with van der Waals surface area (Å²) in [6.07, 6.45) is 1.51. The fourth-order valence-electron chi connectivity index (χ4n) is 5.63. The molecule has 4 atom stereocenters. The maximum absolute atomic E-state index is 14.3. The molecule has 0 unspecified atom stereocenters. The Balaban J connectivity index is 1.62. The number of halogens is 1. The molecule has 0 saturated carbocycles. The topological polar surface area (TPSA) is 155 Å². The molecule has 4 N–H and O–H groups in total. The second-order valence-electron chi connectivity index (χ2n) is 11.9. The van der Waals surface area contributed by atoms with Crippen LogP contribution in [-0.2, 0) is 25.6 Å². The molecule has 12 nitrogen and oxygen atoms in total. The predicted molar refractivity (Wildman–Crippen MR) is 167 cm³/mol. The number of para-hydroxylation sites is 1. The van der Waals surface area contributed by atoms with Crippen LogP contribution in [0.25, 0.3) is 0 Å². The van der Waals surface area contributed by atoms with Crippen molar-refractivity contribution in [1.29, 1.82) is 0 Å². The maximum Gasteiger partial charge on any atom is 0.255 e. The Kier molecular flexibility index (Phi) is 11.6. The zero-order valence-corrected chi connectivity index (χ0v) is 26.6. The molecule has 0 aromatic heterocycles. The average molecular weight is 640 g/mol. The zero-order chi connectivity index (χ0) is 33.4. The summed E-state index contributed by atoms with van der Waals surface area (Å²) in [5.41, 5.74) is 0.571. The lowest BCUT2D eigenvalue weighted by molar-refractivity contribution is -0.142. The van der Waals surface area contributed by atoms with E-state index in [-0.39, 0.29) is 48.6 Å². The summed E-state index contributed by atoms with van der Waals surface area (Å²) in [5.74, 6) is -3.07. The quantitative estimate of drug-likeness (QED) is 0.388. The average Bonchev–Trinajstić information content (AvgIpc) is 3.52. The van der Waals surface area contributed by atoms with Crippen LogP contribution in [0.2, 0.25) is 0 Å².